The molecule has 1 aliphatic heterocycles. The number of likely N-dealkylation sites (tertiary alicyclic amines) is 1. The van der Waals surface area contributed by atoms with Crippen molar-refractivity contribution in [2.75, 3.05) is 26.2 Å². The van der Waals surface area contributed by atoms with Crippen LogP contribution in [0.3, 0.4) is 0 Å². The number of thiophene rings is 1. The first-order chi connectivity index (χ1) is 9.34. The van der Waals surface area contributed by atoms with Crippen LogP contribution in [0.1, 0.15) is 17.7 Å². The molecule has 1 fully saturated rings. The third-order valence-electron chi connectivity index (χ3n) is 3.69. The van der Waals surface area contributed by atoms with E-state index in [0.29, 0.717) is 0 Å². The molecule has 0 aliphatic carbocycles. The third-order valence-corrected chi connectivity index (χ3v) is 5.41. The van der Waals surface area contributed by atoms with Gasteiger partial charge in [0.2, 0.25) is 0 Å². The highest BCUT2D eigenvalue weighted by Crippen LogP contribution is 2.34. The van der Waals surface area contributed by atoms with Gasteiger partial charge in [0.05, 0.1) is 5.02 Å². The molecule has 0 bridgehead atoms. The van der Waals surface area contributed by atoms with Crippen LogP contribution in [0.15, 0.2) is 24.3 Å². The molecule has 0 radical (unpaired) electrons. The van der Waals surface area contributed by atoms with Crippen LogP contribution >= 0.6 is 22.9 Å². The molecule has 1 aromatic heterocycles. The lowest BCUT2D eigenvalue weighted by atomic mass is 10.2. The molecule has 2 aromatic rings. The van der Waals surface area contributed by atoms with E-state index >= 15 is 0 Å². The van der Waals surface area contributed by atoms with Gasteiger partial charge in [0.25, 0.3) is 0 Å². The van der Waals surface area contributed by atoms with E-state index in [0.717, 1.165) is 24.7 Å². The first-order valence-electron chi connectivity index (χ1n) is 6.93. The number of rotatable bonds is 5. The Balaban J connectivity index is 1.54. The van der Waals surface area contributed by atoms with Crippen molar-refractivity contribution in [1.29, 1.82) is 0 Å². The van der Waals surface area contributed by atoms with Gasteiger partial charge in [-0.25, -0.2) is 0 Å². The van der Waals surface area contributed by atoms with Gasteiger partial charge in [-0.1, -0.05) is 29.8 Å². The Hall–Kier alpha value is -0.610. The van der Waals surface area contributed by atoms with E-state index in [9.17, 15) is 0 Å². The van der Waals surface area contributed by atoms with Gasteiger partial charge in [0.15, 0.2) is 0 Å². The first kappa shape index (κ1) is 13.4. The van der Waals surface area contributed by atoms with Crippen molar-refractivity contribution in [2.45, 2.75) is 19.4 Å². The van der Waals surface area contributed by atoms with Gasteiger partial charge in [0.1, 0.15) is 0 Å². The summed E-state index contributed by atoms with van der Waals surface area (Å²) in [5, 5.41) is 5.63. The van der Waals surface area contributed by atoms with E-state index in [2.05, 4.69) is 28.4 Å². The summed E-state index contributed by atoms with van der Waals surface area (Å²) < 4.78 is 1.28. The fraction of sp³-hybridized carbons (Fsp3) is 0.467. The predicted molar refractivity (Wildman–Crippen MR) is 84.2 cm³/mol. The van der Waals surface area contributed by atoms with Crippen molar-refractivity contribution in [1.82, 2.24) is 10.2 Å². The molecular formula is C15H19ClN2S. The van der Waals surface area contributed by atoms with Crippen molar-refractivity contribution in [3.8, 4) is 0 Å². The van der Waals surface area contributed by atoms with Crippen molar-refractivity contribution < 1.29 is 0 Å². The molecule has 102 valence electrons. The monoisotopic (exact) mass is 294 g/mol. The van der Waals surface area contributed by atoms with Crippen LogP contribution in [0.25, 0.3) is 10.1 Å². The highest BCUT2D eigenvalue weighted by atomic mass is 35.5. The summed E-state index contributed by atoms with van der Waals surface area (Å²) >= 11 is 8.22. The SMILES string of the molecule is Clc1c(CNCCN2CCCC2)sc2ccccc12. The predicted octanol–water partition coefficient (Wildman–Crippen LogP) is 3.74. The maximum atomic E-state index is 6.42. The third kappa shape index (κ3) is 3.11. The van der Waals surface area contributed by atoms with Crippen LogP contribution in [-0.4, -0.2) is 31.1 Å². The van der Waals surface area contributed by atoms with Crippen LogP contribution < -0.4 is 5.32 Å². The molecule has 1 saturated heterocycles. The van der Waals surface area contributed by atoms with Crippen LogP contribution in [0, 0.1) is 0 Å². The number of fused-ring (bicyclic) bond motifs is 1. The Bertz CT molecular complexity index is 546. The highest BCUT2D eigenvalue weighted by molar-refractivity contribution is 7.19. The minimum absolute atomic E-state index is 0.881. The van der Waals surface area contributed by atoms with Gasteiger partial charge < -0.3 is 10.2 Å². The second-order valence-corrected chi connectivity index (χ2v) is 6.58. The lowest BCUT2D eigenvalue weighted by molar-refractivity contribution is 0.336. The standard InChI is InChI=1S/C15H19ClN2S/c16-15-12-5-1-2-6-13(12)19-14(15)11-17-7-10-18-8-3-4-9-18/h1-2,5-6,17H,3-4,7-11H2. The average molecular weight is 295 g/mol. The Morgan fingerprint density at radius 3 is 2.79 bits per heavy atom. The van der Waals surface area contributed by atoms with Crippen molar-refractivity contribution in [3.05, 3.63) is 34.2 Å². The molecule has 1 aliphatic rings. The molecule has 4 heteroatoms. The lowest BCUT2D eigenvalue weighted by Gasteiger charge is -2.14. The Kier molecular flexibility index (Phi) is 4.38. The van der Waals surface area contributed by atoms with Crippen molar-refractivity contribution >= 4 is 33.0 Å². The number of hydrogen-bond donors (Lipinski definition) is 1. The van der Waals surface area contributed by atoms with E-state index in [1.54, 1.807) is 11.3 Å². The summed E-state index contributed by atoms with van der Waals surface area (Å²) in [5.41, 5.74) is 0. The minimum Gasteiger partial charge on any atom is -0.311 e. The van der Waals surface area contributed by atoms with Crippen LogP contribution in [-0.2, 0) is 6.54 Å². The zero-order chi connectivity index (χ0) is 13.1. The molecule has 0 saturated carbocycles. The van der Waals surface area contributed by atoms with Gasteiger partial charge in [-0.15, -0.1) is 11.3 Å². The second-order valence-electron chi connectivity index (χ2n) is 5.06. The molecule has 1 N–H and O–H groups in total. The van der Waals surface area contributed by atoms with E-state index in [1.807, 2.05) is 6.07 Å². The summed E-state index contributed by atoms with van der Waals surface area (Å²) in [6, 6.07) is 8.35. The smallest absolute Gasteiger partial charge is 0.0636 e. The highest BCUT2D eigenvalue weighted by Gasteiger charge is 2.11. The van der Waals surface area contributed by atoms with Crippen LogP contribution in [0.4, 0.5) is 0 Å². The maximum Gasteiger partial charge on any atom is 0.0636 e. The van der Waals surface area contributed by atoms with E-state index in [1.165, 1.54) is 40.9 Å². The Morgan fingerprint density at radius 1 is 1.21 bits per heavy atom. The summed E-state index contributed by atoms with van der Waals surface area (Å²) in [6.07, 6.45) is 2.73. The molecule has 0 spiro atoms. The topological polar surface area (TPSA) is 15.3 Å². The summed E-state index contributed by atoms with van der Waals surface area (Å²) in [6.45, 7) is 5.62. The van der Waals surface area contributed by atoms with E-state index in [-0.39, 0.29) is 0 Å². The molecule has 0 atom stereocenters. The fourth-order valence-electron chi connectivity index (χ4n) is 2.62. The number of halogens is 1. The quantitative estimate of drug-likeness (QED) is 0.845. The van der Waals surface area contributed by atoms with Gasteiger partial charge >= 0.3 is 0 Å². The first-order valence-corrected chi connectivity index (χ1v) is 8.13. The number of benzene rings is 1. The lowest BCUT2D eigenvalue weighted by Crippen LogP contribution is -2.29. The van der Waals surface area contributed by atoms with Gasteiger partial charge in [0, 0.05) is 34.6 Å². The zero-order valence-electron chi connectivity index (χ0n) is 11.0. The van der Waals surface area contributed by atoms with E-state index in [4.69, 9.17) is 11.6 Å². The molecule has 1 aromatic carbocycles. The van der Waals surface area contributed by atoms with Crippen molar-refractivity contribution in [3.63, 3.8) is 0 Å². The molecule has 19 heavy (non-hydrogen) atoms. The summed E-state index contributed by atoms with van der Waals surface area (Å²) in [5.74, 6) is 0. The summed E-state index contributed by atoms with van der Waals surface area (Å²) in [4.78, 5) is 3.78. The second kappa shape index (κ2) is 6.23. The Labute approximate surface area is 123 Å². The number of nitrogens with one attached hydrogen (secondary N) is 1. The Morgan fingerprint density at radius 2 is 2.00 bits per heavy atom. The fourth-order valence-corrected chi connectivity index (χ4v) is 4.09. The molecule has 2 nitrogen and oxygen atoms in total. The van der Waals surface area contributed by atoms with E-state index < -0.39 is 0 Å². The van der Waals surface area contributed by atoms with Gasteiger partial charge in [-0.05, 0) is 32.0 Å². The van der Waals surface area contributed by atoms with Crippen LogP contribution in [0.2, 0.25) is 5.02 Å². The average Bonchev–Trinajstić information content (AvgIpc) is 3.04. The molecule has 0 unspecified atom stereocenters. The molecule has 2 heterocycles. The maximum absolute atomic E-state index is 6.42. The number of hydrogen-bond acceptors (Lipinski definition) is 3. The van der Waals surface area contributed by atoms with Crippen LogP contribution in [0.5, 0.6) is 0 Å². The molecule has 0 amide bonds. The molecule has 3 rings (SSSR count). The summed E-state index contributed by atoms with van der Waals surface area (Å²) in [7, 11) is 0. The normalized spacial score (nSPS) is 16.5. The zero-order valence-corrected chi connectivity index (χ0v) is 12.6. The largest absolute Gasteiger partial charge is 0.311 e. The van der Waals surface area contributed by atoms with Gasteiger partial charge in [-0.3, -0.25) is 0 Å². The van der Waals surface area contributed by atoms with Gasteiger partial charge in [-0.2, -0.15) is 0 Å². The van der Waals surface area contributed by atoms with Crippen molar-refractivity contribution in [2.24, 2.45) is 0 Å². The number of nitrogens with zero attached hydrogens (tertiary/aromatic N) is 1. The molecular weight excluding hydrogens is 276 g/mol. The minimum atomic E-state index is 0.881.